The number of aromatic nitrogens is 1. The summed E-state index contributed by atoms with van der Waals surface area (Å²) in [7, 11) is 0. The van der Waals surface area contributed by atoms with E-state index in [9.17, 15) is 0 Å². The molecular formula is C20H21N2+. The van der Waals surface area contributed by atoms with Crippen molar-refractivity contribution < 1.29 is 0 Å². The Hall–Kier alpha value is -2.41. The van der Waals surface area contributed by atoms with Crippen LogP contribution in [0.1, 0.15) is 5.56 Å². The Morgan fingerprint density at radius 3 is 3.00 bits per heavy atom. The number of rotatable bonds is 7. The Kier molecular flexibility index (Phi) is 4.65. The molecule has 2 nitrogen and oxygen atoms in total. The molecule has 0 radical (unpaired) electrons. The molecule has 1 heterocycles. The molecule has 0 saturated heterocycles. The molecule has 1 aliphatic rings. The quantitative estimate of drug-likeness (QED) is 0.602. The van der Waals surface area contributed by atoms with Gasteiger partial charge in [-0.2, -0.15) is 0 Å². The number of H-pyrrole nitrogens is 1. The molecule has 110 valence electrons. The number of allylic oxidation sites excluding steroid dienone is 4. The van der Waals surface area contributed by atoms with Gasteiger partial charge in [0.15, 0.2) is 0 Å². The zero-order valence-corrected chi connectivity index (χ0v) is 12.8. The lowest BCUT2D eigenvalue weighted by Crippen LogP contribution is -2.28. The van der Waals surface area contributed by atoms with Crippen LogP contribution >= 0.6 is 0 Å². The van der Waals surface area contributed by atoms with Gasteiger partial charge in [0, 0.05) is 42.3 Å². The predicted octanol–water partition coefficient (Wildman–Crippen LogP) is 4.05. The van der Waals surface area contributed by atoms with Crippen LogP contribution in [0.3, 0.4) is 0 Å². The number of para-hydroxylation sites is 1. The van der Waals surface area contributed by atoms with Crippen LogP contribution < -0.4 is 0 Å². The van der Waals surface area contributed by atoms with Crippen LogP contribution in [-0.2, 0) is 6.42 Å². The number of benzene rings is 1. The molecule has 0 saturated carbocycles. The van der Waals surface area contributed by atoms with E-state index in [1.807, 2.05) is 18.2 Å². The van der Waals surface area contributed by atoms with Gasteiger partial charge >= 0.3 is 0 Å². The summed E-state index contributed by atoms with van der Waals surface area (Å²) in [6, 6.07) is 8.48. The molecule has 1 aromatic heterocycles. The highest BCUT2D eigenvalue weighted by atomic mass is 15.1. The van der Waals surface area contributed by atoms with Crippen molar-refractivity contribution in [3.05, 3.63) is 84.6 Å². The molecule has 0 atom stereocenters. The number of hydrogen-bond donors (Lipinski definition) is 1. The third kappa shape index (κ3) is 3.43. The van der Waals surface area contributed by atoms with Gasteiger partial charge in [0.1, 0.15) is 12.2 Å². The molecule has 3 rings (SSSR count). The average Bonchev–Trinajstić information content (AvgIpc) is 2.97. The van der Waals surface area contributed by atoms with Crippen molar-refractivity contribution in [3.8, 4) is 0 Å². The largest absolute Gasteiger partial charge is 0.361 e. The monoisotopic (exact) mass is 289 g/mol. The fourth-order valence-corrected chi connectivity index (χ4v) is 2.82. The van der Waals surface area contributed by atoms with Gasteiger partial charge in [-0.25, -0.2) is 0 Å². The maximum Gasteiger partial charge on any atom is 0.107 e. The first-order valence-corrected chi connectivity index (χ1v) is 7.70. The van der Waals surface area contributed by atoms with E-state index < -0.39 is 0 Å². The second-order valence-electron chi connectivity index (χ2n) is 5.54. The highest BCUT2D eigenvalue weighted by Gasteiger charge is 2.11. The van der Waals surface area contributed by atoms with E-state index in [1.165, 1.54) is 22.0 Å². The summed E-state index contributed by atoms with van der Waals surface area (Å²) < 4.78 is 0. The third-order valence-electron chi connectivity index (χ3n) is 3.94. The first-order valence-electron chi connectivity index (χ1n) is 7.70. The first kappa shape index (κ1) is 14.5. The molecule has 0 bridgehead atoms. The van der Waals surface area contributed by atoms with Crippen molar-refractivity contribution in [1.82, 2.24) is 9.88 Å². The maximum absolute atomic E-state index is 3.88. The fourth-order valence-electron chi connectivity index (χ4n) is 2.82. The lowest BCUT2D eigenvalue weighted by molar-refractivity contribution is 0.335. The second kappa shape index (κ2) is 7.04. The van der Waals surface area contributed by atoms with Crippen LogP contribution in [0.4, 0.5) is 0 Å². The lowest BCUT2D eigenvalue weighted by Gasteiger charge is -2.19. The van der Waals surface area contributed by atoms with Gasteiger partial charge in [0.25, 0.3) is 0 Å². The molecule has 1 aliphatic carbocycles. The van der Waals surface area contributed by atoms with Crippen LogP contribution in [-0.4, -0.2) is 29.5 Å². The van der Waals surface area contributed by atoms with E-state index in [0.29, 0.717) is 0 Å². The second-order valence-corrected chi connectivity index (χ2v) is 5.54. The average molecular weight is 289 g/mol. The van der Waals surface area contributed by atoms with Crippen molar-refractivity contribution in [1.29, 1.82) is 0 Å². The summed E-state index contributed by atoms with van der Waals surface area (Å²) in [5.41, 5.74) is 3.89. The zero-order chi connectivity index (χ0) is 15.2. The van der Waals surface area contributed by atoms with Gasteiger partial charge in [0.2, 0.25) is 0 Å². The molecule has 0 aliphatic heterocycles. The van der Waals surface area contributed by atoms with Crippen LogP contribution in [0.25, 0.3) is 10.9 Å². The van der Waals surface area contributed by atoms with Crippen LogP contribution in [0.15, 0.2) is 73.0 Å². The van der Waals surface area contributed by atoms with E-state index in [-0.39, 0.29) is 0 Å². The highest BCUT2D eigenvalue weighted by molar-refractivity contribution is 5.83. The summed E-state index contributed by atoms with van der Waals surface area (Å²) in [5, 5.41) is 1.33. The lowest BCUT2D eigenvalue weighted by atomic mass is 10.1. The van der Waals surface area contributed by atoms with Crippen molar-refractivity contribution in [3.63, 3.8) is 0 Å². The smallest absolute Gasteiger partial charge is 0.107 e. The van der Waals surface area contributed by atoms with Crippen molar-refractivity contribution in [2.75, 3.05) is 19.6 Å². The fraction of sp³-hybridized carbons (Fsp3) is 0.200. The molecule has 22 heavy (non-hydrogen) atoms. The van der Waals surface area contributed by atoms with E-state index in [4.69, 9.17) is 0 Å². The molecule has 2 aromatic rings. The van der Waals surface area contributed by atoms with Gasteiger partial charge in [-0.05, 0) is 18.1 Å². The van der Waals surface area contributed by atoms with Gasteiger partial charge < -0.3 is 4.98 Å². The molecule has 0 fully saturated rings. The summed E-state index contributed by atoms with van der Waals surface area (Å²) in [4.78, 5) is 5.76. The van der Waals surface area contributed by atoms with Crippen LogP contribution in [0.2, 0.25) is 0 Å². The van der Waals surface area contributed by atoms with E-state index in [1.54, 1.807) is 0 Å². The van der Waals surface area contributed by atoms with Crippen molar-refractivity contribution in [2.24, 2.45) is 0 Å². The van der Waals surface area contributed by atoms with Gasteiger partial charge in [-0.1, -0.05) is 24.3 Å². The van der Waals surface area contributed by atoms with E-state index in [2.05, 4.69) is 65.2 Å². The number of hydrogen-bond acceptors (Lipinski definition) is 1. The van der Waals surface area contributed by atoms with E-state index >= 15 is 0 Å². The van der Waals surface area contributed by atoms with Gasteiger partial charge in [-0.15, -0.1) is 6.58 Å². The Labute approximate surface area is 132 Å². The normalized spacial score (nSPS) is 13.4. The molecular weight excluding hydrogens is 268 g/mol. The predicted molar refractivity (Wildman–Crippen MR) is 93.7 cm³/mol. The summed E-state index contributed by atoms with van der Waals surface area (Å²) in [5.74, 6) is 0. The summed E-state index contributed by atoms with van der Waals surface area (Å²) >= 11 is 0. The standard InChI is InChI=1S/C20H21N2/c1-2-13-22(16-17-8-4-3-5-9-17)14-12-18-15-21-20-11-7-6-10-19(18)20/h2-4,6-11,15,21H,1,12-14,16H2/q+1. The molecule has 1 N–H and O–H groups in total. The third-order valence-corrected chi connectivity index (χ3v) is 3.94. The minimum absolute atomic E-state index is 0.900. The maximum atomic E-state index is 3.88. The Morgan fingerprint density at radius 1 is 1.27 bits per heavy atom. The number of nitrogens with zero attached hydrogens (tertiary/aromatic N) is 1. The Morgan fingerprint density at radius 2 is 2.18 bits per heavy atom. The highest BCUT2D eigenvalue weighted by Crippen LogP contribution is 2.18. The summed E-state index contributed by atoms with van der Waals surface area (Å²) in [6.45, 7) is 6.73. The molecule has 2 heteroatoms. The number of fused-ring (bicyclic) bond motifs is 1. The number of aromatic amines is 1. The Bertz CT molecular complexity index is 731. The molecule has 1 aromatic carbocycles. The minimum Gasteiger partial charge on any atom is -0.361 e. The molecule has 0 spiro atoms. The number of nitrogens with one attached hydrogen (secondary N) is 1. The minimum atomic E-state index is 0.900. The SMILES string of the molecule is C=CCN(CCc1c[nH]c2ccccc12)CC1=CC=C[C+]=C1. The van der Waals surface area contributed by atoms with E-state index in [0.717, 1.165) is 26.1 Å². The van der Waals surface area contributed by atoms with Crippen molar-refractivity contribution >= 4 is 10.9 Å². The van der Waals surface area contributed by atoms with Gasteiger partial charge in [0.05, 0.1) is 18.2 Å². The molecule has 0 unspecified atom stereocenters. The first-order chi connectivity index (χ1) is 10.9. The van der Waals surface area contributed by atoms with Crippen molar-refractivity contribution in [2.45, 2.75) is 6.42 Å². The van der Waals surface area contributed by atoms with Crippen LogP contribution in [0.5, 0.6) is 0 Å². The molecule has 0 amide bonds. The van der Waals surface area contributed by atoms with Gasteiger partial charge in [-0.3, -0.25) is 4.90 Å². The Balaban J connectivity index is 1.66. The zero-order valence-electron chi connectivity index (χ0n) is 12.8. The summed E-state index contributed by atoms with van der Waals surface area (Å²) in [6.07, 6.45) is 16.5. The topological polar surface area (TPSA) is 19.0 Å². The van der Waals surface area contributed by atoms with Crippen LogP contribution in [0, 0.1) is 6.08 Å².